The molecule has 0 atom stereocenters. The minimum atomic E-state index is -0.394. The van der Waals surface area contributed by atoms with Crippen LogP contribution in [0.1, 0.15) is 16.4 Å². The van der Waals surface area contributed by atoms with E-state index < -0.39 is 5.91 Å². The lowest BCUT2D eigenvalue weighted by Crippen LogP contribution is -2.14. The highest BCUT2D eigenvalue weighted by molar-refractivity contribution is 9.11. The van der Waals surface area contributed by atoms with Crippen LogP contribution in [0.15, 0.2) is 21.1 Å². The molecule has 6 nitrogen and oxygen atoms in total. The predicted molar refractivity (Wildman–Crippen MR) is 77.5 cm³/mol. The molecule has 100 valence electrons. The Bertz CT molecular complexity index is 627. The van der Waals surface area contributed by atoms with Crippen LogP contribution in [-0.2, 0) is 0 Å². The van der Waals surface area contributed by atoms with Gasteiger partial charge in [-0.15, -0.1) is 5.10 Å². The molecule has 0 radical (unpaired) electrons. The Hall–Kier alpha value is -1.41. The molecule has 0 unspecified atom stereocenters. The van der Waals surface area contributed by atoms with Crippen LogP contribution < -0.4 is 10.1 Å². The molecule has 1 heterocycles. The second kappa shape index (κ2) is 5.70. The Kier molecular flexibility index (Phi) is 4.20. The van der Waals surface area contributed by atoms with E-state index in [0.29, 0.717) is 17.3 Å². The van der Waals surface area contributed by atoms with Gasteiger partial charge in [0.15, 0.2) is 0 Å². The molecule has 19 heavy (non-hydrogen) atoms. The Balaban J connectivity index is 2.26. The third kappa shape index (κ3) is 3.13. The number of anilines is 1. The maximum atomic E-state index is 11.9. The monoisotopic (exact) mass is 388 g/mol. The Morgan fingerprint density at radius 3 is 2.68 bits per heavy atom. The van der Waals surface area contributed by atoms with Gasteiger partial charge in [0, 0.05) is 10.5 Å². The average molecular weight is 390 g/mol. The zero-order valence-electron chi connectivity index (χ0n) is 10.1. The zero-order valence-corrected chi connectivity index (χ0v) is 13.3. The topological polar surface area (TPSA) is 79.9 Å². The Morgan fingerprint density at radius 2 is 2.11 bits per heavy atom. The van der Waals surface area contributed by atoms with Crippen LogP contribution in [0.2, 0.25) is 0 Å². The molecular weight excluding hydrogens is 380 g/mol. The molecule has 1 aromatic carbocycles. The van der Waals surface area contributed by atoms with Crippen LogP contribution in [-0.4, -0.2) is 28.2 Å². The number of ether oxygens (including phenoxy) is 1. The van der Waals surface area contributed by atoms with E-state index in [1.54, 1.807) is 26.2 Å². The number of rotatable bonds is 3. The summed E-state index contributed by atoms with van der Waals surface area (Å²) in [6, 6.07) is 3.49. The summed E-state index contributed by atoms with van der Waals surface area (Å²) in [5.74, 6) is 0.892. The van der Waals surface area contributed by atoms with Gasteiger partial charge < -0.3 is 10.1 Å². The largest absolute Gasteiger partial charge is 0.495 e. The number of hydrogen-bond acceptors (Lipinski definition) is 4. The van der Waals surface area contributed by atoms with Crippen LogP contribution in [0.25, 0.3) is 0 Å². The number of amides is 1. The van der Waals surface area contributed by atoms with Gasteiger partial charge >= 0.3 is 0 Å². The van der Waals surface area contributed by atoms with Gasteiger partial charge in [-0.2, -0.15) is 0 Å². The van der Waals surface area contributed by atoms with Crippen molar-refractivity contribution in [1.29, 1.82) is 0 Å². The van der Waals surface area contributed by atoms with Crippen molar-refractivity contribution >= 4 is 43.5 Å². The molecule has 2 aromatic rings. The summed E-state index contributed by atoms with van der Waals surface area (Å²) in [5, 5.41) is 9.12. The highest BCUT2D eigenvalue weighted by atomic mass is 79.9. The van der Waals surface area contributed by atoms with Crippen molar-refractivity contribution < 1.29 is 9.53 Å². The number of hydrogen-bond donors (Lipinski definition) is 2. The maximum absolute atomic E-state index is 11.9. The van der Waals surface area contributed by atoms with Crippen LogP contribution in [0.4, 0.5) is 5.69 Å². The summed E-state index contributed by atoms with van der Waals surface area (Å²) in [6.45, 7) is 1.72. The summed E-state index contributed by atoms with van der Waals surface area (Å²) in [7, 11) is 1.55. The SMILES string of the molecule is COc1cc(NC(=O)c2n[nH]c(C)n2)c(Br)cc1Br. The van der Waals surface area contributed by atoms with Gasteiger partial charge in [0.1, 0.15) is 11.6 Å². The fourth-order valence-electron chi connectivity index (χ4n) is 1.40. The highest BCUT2D eigenvalue weighted by Gasteiger charge is 2.14. The van der Waals surface area contributed by atoms with E-state index in [-0.39, 0.29) is 5.82 Å². The first-order chi connectivity index (χ1) is 9.01. The standard InChI is InChI=1S/C11H10Br2N4O2/c1-5-14-10(17-16-5)11(18)15-8-4-9(19-2)7(13)3-6(8)12/h3-4H,1-2H3,(H,15,18)(H,14,16,17). The minimum Gasteiger partial charge on any atom is -0.495 e. The van der Waals surface area contributed by atoms with Gasteiger partial charge in [0.2, 0.25) is 5.82 Å². The molecule has 2 rings (SSSR count). The molecule has 0 fully saturated rings. The lowest BCUT2D eigenvalue weighted by Gasteiger charge is -2.09. The van der Waals surface area contributed by atoms with E-state index in [1.165, 1.54) is 0 Å². The molecular formula is C11H10Br2N4O2. The number of nitrogens with zero attached hydrogens (tertiary/aromatic N) is 2. The third-order valence-electron chi connectivity index (χ3n) is 2.29. The van der Waals surface area contributed by atoms with Crippen molar-refractivity contribution in [2.45, 2.75) is 6.92 Å². The van der Waals surface area contributed by atoms with Gasteiger partial charge in [-0.1, -0.05) is 0 Å². The molecule has 8 heteroatoms. The number of carbonyl (C=O) groups excluding carboxylic acids is 1. The summed E-state index contributed by atoms with van der Waals surface area (Å²) >= 11 is 6.73. The Morgan fingerprint density at radius 1 is 1.37 bits per heavy atom. The van der Waals surface area contributed by atoms with Crippen LogP contribution in [0, 0.1) is 6.92 Å². The molecule has 0 aliphatic carbocycles. The summed E-state index contributed by atoms with van der Waals surface area (Å²) in [5.41, 5.74) is 0.576. The predicted octanol–water partition coefficient (Wildman–Crippen LogP) is 2.90. The first kappa shape index (κ1) is 14.0. The number of H-pyrrole nitrogens is 1. The second-order valence-corrected chi connectivity index (χ2v) is 5.37. The fourth-order valence-corrected chi connectivity index (χ4v) is 2.66. The lowest BCUT2D eigenvalue weighted by atomic mass is 10.3. The quantitative estimate of drug-likeness (QED) is 0.845. The van der Waals surface area contributed by atoms with E-state index >= 15 is 0 Å². The van der Waals surface area contributed by atoms with Crippen LogP contribution in [0.3, 0.4) is 0 Å². The fraction of sp³-hybridized carbons (Fsp3) is 0.182. The molecule has 0 aliphatic rings. The normalized spacial score (nSPS) is 10.3. The molecule has 1 amide bonds. The number of aromatic amines is 1. The second-order valence-electron chi connectivity index (χ2n) is 3.67. The van der Waals surface area contributed by atoms with E-state index in [9.17, 15) is 4.79 Å². The molecule has 1 aromatic heterocycles. The Labute approximate surface area is 126 Å². The van der Waals surface area contributed by atoms with Crippen molar-refractivity contribution in [3.63, 3.8) is 0 Å². The van der Waals surface area contributed by atoms with E-state index in [2.05, 4.69) is 52.4 Å². The van der Waals surface area contributed by atoms with E-state index in [1.807, 2.05) is 0 Å². The highest BCUT2D eigenvalue weighted by Crippen LogP contribution is 2.34. The van der Waals surface area contributed by atoms with Crippen molar-refractivity contribution in [2.75, 3.05) is 12.4 Å². The first-order valence-electron chi connectivity index (χ1n) is 5.24. The van der Waals surface area contributed by atoms with Gasteiger partial charge in [-0.05, 0) is 44.8 Å². The number of halogens is 2. The van der Waals surface area contributed by atoms with Crippen molar-refractivity contribution in [3.8, 4) is 5.75 Å². The van der Waals surface area contributed by atoms with Gasteiger partial charge in [-0.3, -0.25) is 9.89 Å². The first-order valence-corrected chi connectivity index (χ1v) is 6.83. The average Bonchev–Trinajstić information content (AvgIpc) is 2.79. The number of carbonyl (C=O) groups is 1. The lowest BCUT2D eigenvalue weighted by molar-refractivity contribution is 0.101. The molecule has 0 bridgehead atoms. The van der Waals surface area contributed by atoms with Gasteiger partial charge in [0.05, 0.1) is 17.3 Å². The third-order valence-corrected chi connectivity index (χ3v) is 3.57. The number of nitrogens with one attached hydrogen (secondary N) is 2. The molecule has 0 spiro atoms. The molecule has 0 aliphatic heterocycles. The number of benzene rings is 1. The van der Waals surface area contributed by atoms with Crippen molar-refractivity contribution in [3.05, 3.63) is 32.7 Å². The molecule has 2 N–H and O–H groups in total. The van der Waals surface area contributed by atoms with E-state index in [4.69, 9.17) is 4.74 Å². The number of methoxy groups -OCH3 is 1. The summed E-state index contributed by atoms with van der Waals surface area (Å²) in [4.78, 5) is 15.9. The smallest absolute Gasteiger partial charge is 0.295 e. The minimum absolute atomic E-state index is 0.0892. The van der Waals surface area contributed by atoms with Gasteiger partial charge in [0.25, 0.3) is 5.91 Å². The molecule has 0 saturated heterocycles. The summed E-state index contributed by atoms with van der Waals surface area (Å²) < 4.78 is 6.68. The summed E-state index contributed by atoms with van der Waals surface area (Å²) in [6.07, 6.45) is 0. The number of aromatic nitrogens is 3. The zero-order chi connectivity index (χ0) is 14.0. The maximum Gasteiger partial charge on any atom is 0.295 e. The van der Waals surface area contributed by atoms with Gasteiger partial charge in [-0.25, -0.2) is 4.98 Å². The van der Waals surface area contributed by atoms with Crippen LogP contribution in [0.5, 0.6) is 5.75 Å². The number of aryl methyl sites for hydroxylation is 1. The molecule has 0 saturated carbocycles. The van der Waals surface area contributed by atoms with E-state index in [0.717, 1.165) is 8.95 Å². The van der Waals surface area contributed by atoms with Crippen LogP contribution >= 0.6 is 31.9 Å². The van der Waals surface area contributed by atoms with Crippen molar-refractivity contribution in [2.24, 2.45) is 0 Å². The van der Waals surface area contributed by atoms with Crippen molar-refractivity contribution in [1.82, 2.24) is 15.2 Å².